The third-order valence-electron chi connectivity index (χ3n) is 2.52. The highest BCUT2D eigenvalue weighted by Gasteiger charge is 2.08. The van der Waals surface area contributed by atoms with Crippen LogP contribution in [0.25, 0.3) is 21.5 Å². The number of rotatable bonds is 2. The SMILES string of the molecule is CNc1nnc(-c2ccc3[nH]cc(I)c3c2)s1. The Bertz CT molecular complexity index is 673. The molecule has 3 aromatic rings. The van der Waals surface area contributed by atoms with E-state index >= 15 is 0 Å². The van der Waals surface area contributed by atoms with Crippen LogP contribution in [0.5, 0.6) is 0 Å². The van der Waals surface area contributed by atoms with E-state index < -0.39 is 0 Å². The van der Waals surface area contributed by atoms with Crippen molar-refractivity contribution in [2.75, 3.05) is 12.4 Å². The third-order valence-corrected chi connectivity index (χ3v) is 4.40. The summed E-state index contributed by atoms with van der Waals surface area (Å²) in [5.41, 5.74) is 2.26. The van der Waals surface area contributed by atoms with Gasteiger partial charge in [-0.1, -0.05) is 11.3 Å². The lowest BCUT2D eigenvalue weighted by molar-refractivity contribution is 1.09. The standard InChI is InChI=1S/C11H9IN4S/c1-13-11-16-15-10(17-11)6-2-3-9-7(4-6)8(12)5-14-9/h2-5,14H,1H3,(H,13,16). The molecule has 0 unspecified atom stereocenters. The van der Waals surface area contributed by atoms with E-state index in [1.807, 2.05) is 13.2 Å². The molecule has 0 fully saturated rings. The molecule has 17 heavy (non-hydrogen) atoms. The van der Waals surface area contributed by atoms with Gasteiger partial charge in [0, 0.05) is 33.3 Å². The first kappa shape index (κ1) is 11.0. The molecule has 0 aliphatic carbocycles. The highest BCUT2D eigenvalue weighted by Crippen LogP contribution is 2.30. The van der Waals surface area contributed by atoms with E-state index in [-0.39, 0.29) is 0 Å². The molecule has 4 nitrogen and oxygen atoms in total. The lowest BCUT2D eigenvalue weighted by atomic mass is 10.2. The van der Waals surface area contributed by atoms with Gasteiger partial charge in [0.15, 0.2) is 0 Å². The molecule has 0 bridgehead atoms. The molecule has 3 rings (SSSR count). The van der Waals surface area contributed by atoms with Gasteiger partial charge in [0.25, 0.3) is 0 Å². The highest BCUT2D eigenvalue weighted by molar-refractivity contribution is 14.1. The van der Waals surface area contributed by atoms with E-state index in [4.69, 9.17) is 0 Å². The zero-order valence-electron chi connectivity index (χ0n) is 8.99. The Morgan fingerprint density at radius 3 is 3.00 bits per heavy atom. The second kappa shape index (κ2) is 4.26. The van der Waals surface area contributed by atoms with Crippen molar-refractivity contribution in [3.63, 3.8) is 0 Å². The van der Waals surface area contributed by atoms with Gasteiger partial charge in [0.1, 0.15) is 5.01 Å². The Hall–Kier alpha value is -1.15. The number of H-pyrrole nitrogens is 1. The summed E-state index contributed by atoms with van der Waals surface area (Å²) in [6, 6.07) is 6.29. The van der Waals surface area contributed by atoms with Gasteiger partial charge in [-0.2, -0.15) is 0 Å². The fraction of sp³-hybridized carbons (Fsp3) is 0.0909. The van der Waals surface area contributed by atoms with E-state index in [0.29, 0.717) is 0 Å². The van der Waals surface area contributed by atoms with Crippen molar-refractivity contribution in [2.24, 2.45) is 0 Å². The average Bonchev–Trinajstić information content (AvgIpc) is 2.96. The molecule has 0 atom stereocenters. The van der Waals surface area contributed by atoms with Crippen molar-refractivity contribution in [3.8, 4) is 10.6 Å². The Morgan fingerprint density at radius 2 is 2.24 bits per heavy atom. The molecule has 0 aliphatic heterocycles. The number of hydrogen-bond donors (Lipinski definition) is 2. The predicted octanol–water partition coefficient (Wildman–Crippen LogP) is 3.33. The monoisotopic (exact) mass is 356 g/mol. The second-order valence-corrected chi connectivity index (χ2v) is 5.70. The summed E-state index contributed by atoms with van der Waals surface area (Å²) in [6.07, 6.45) is 2.01. The van der Waals surface area contributed by atoms with Crippen LogP contribution < -0.4 is 5.32 Å². The average molecular weight is 356 g/mol. The smallest absolute Gasteiger partial charge is 0.205 e. The van der Waals surface area contributed by atoms with Crippen LogP contribution in [0, 0.1) is 3.57 Å². The van der Waals surface area contributed by atoms with E-state index in [9.17, 15) is 0 Å². The first-order chi connectivity index (χ1) is 8.28. The number of halogens is 1. The fourth-order valence-corrected chi connectivity index (χ4v) is 2.96. The number of aromatic amines is 1. The van der Waals surface area contributed by atoms with Gasteiger partial charge in [0.05, 0.1) is 0 Å². The van der Waals surface area contributed by atoms with Crippen LogP contribution >= 0.6 is 33.9 Å². The molecular weight excluding hydrogens is 347 g/mol. The number of hydrogen-bond acceptors (Lipinski definition) is 4. The van der Waals surface area contributed by atoms with Crippen LogP contribution in [0.3, 0.4) is 0 Å². The van der Waals surface area contributed by atoms with Gasteiger partial charge in [-0.3, -0.25) is 0 Å². The molecular formula is C11H9IN4S. The maximum absolute atomic E-state index is 4.17. The van der Waals surface area contributed by atoms with Crippen molar-refractivity contribution in [1.29, 1.82) is 0 Å². The van der Waals surface area contributed by atoms with Crippen LogP contribution in [-0.2, 0) is 0 Å². The zero-order valence-corrected chi connectivity index (χ0v) is 12.0. The molecule has 0 saturated carbocycles. The van der Waals surface area contributed by atoms with Gasteiger partial charge in [-0.25, -0.2) is 0 Å². The van der Waals surface area contributed by atoms with Crippen LogP contribution in [0.15, 0.2) is 24.4 Å². The zero-order chi connectivity index (χ0) is 11.8. The molecule has 2 heterocycles. The van der Waals surface area contributed by atoms with Crippen molar-refractivity contribution in [1.82, 2.24) is 15.2 Å². The minimum absolute atomic E-state index is 0.837. The lowest BCUT2D eigenvalue weighted by Crippen LogP contribution is -1.84. The number of fused-ring (bicyclic) bond motifs is 1. The van der Waals surface area contributed by atoms with Gasteiger partial charge in [0.2, 0.25) is 5.13 Å². The van der Waals surface area contributed by atoms with Crippen LogP contribution in [-0.4, -0.2) is 22.2 Å². The van der Waals surface area contributed by atoms with E-state index in [1.54, 1.807) is 11.3 Å². The van der Waals surface area contributed by atoms with E-state index in [1.165, 1.54) is 8.96 Å². The quantitative estimate of drug-likeness (QED) is 0.693. The first-order valence-electron chi connectivity index (χ1n) is 5.06. The van der Waals surface area contributed by atoms with Crippen molar-refractivity contribution in [3.05, 3.63) is 28.0 Å². The van der Waals surface area contributed by atoms with Gasteiger partial charge in [-0.05, 0) is 40.8 Å². The highest BCUT2D eigenvalue weighted by atomic mass is 127. The molecule has 2 aromatic heterocycles. The summed E-state index contributed by atoms with van der Waals surface area (Å²) in [5, 5.41) is 14.2. The second-order valence-electron chi connectivity index (χ2n) is 3.56. The van der Waals surface area contributed by atoms with Gasteiger partial charge < -0.3 is 10.3 Å². The van der Waals surface area contributed by atoms with Crippen molar-refractivity contribution in [2.45, 2.75) is 0 Å². The number of nitrogens with one attached hydrogen (secondary N) is 2. The van der Waals surface area contributed by atoms with E-state index in [0.717, 1.165) is 21.2 Å². The molecule has 0 radical (unpaired) electrons. The normalized spacial score (nSPS) is 10.9. The molecule has 2 N–H and O–H groups in total. The molecule has 1 aromatic carbocycles. The van der Waals surface area contributed by atoms with Crippen LogP contribution in [0.1, 0.15) is 0 Å². The van der Waals surface area contributed by atoms with Gasteiger partial charge >= 0.3 is 0 Å². The Labute approximate surface area is 116 Å². The molecule has 86 valence electrons. The summed E-state index contributed by atoms with van der Waals surface area (Å²) in [7, 11) is 1.85. The maximum Gasteiger partial charge on any atom is 0.205 e. The third kappa shape index (κ3) is 1.91. The molecule has 0 aliphatic rings. The Kier molecular flexibility index (Phi) is 2.75. The largest absolute Gasteiger partial charge is 0.363 e. The van der Waals surface area contributed by atoms with Gasteiger partial charge in [-0.15, -0.1) is 10.2 Å². The molecule has 0 amide bonds. The maximum atomic E-state index is 4.17. The van der Waals surface area contributed by atoms with Crippen molar-refractivity contribution >= 4 is 50.0 Å². The number of anilines is 1. The van der Waals surface area contributed by atoms with Crippen molar-refractivity contribution < 1.29 is 0 Å². The summed E-state index contributed by atoms with van der Waals surface area (Å²) in [4.78, 5) is 3.23. The Balaban J connectivity index is 2.13. The lowest BCUT2D eigenvalue weighted by Gasteiger charge is -1.96. The van der Waals surface area contributed by atoms with E-state index in [2.05, 4.69) is 61.3 Å². The summed E-state index contributed by atoms with van der Waals surface area (Å²) < 4.78 is 1.22. The number of aromatic nitrogens is 3. The van der Waals surface area contributed by atoms with Crippen LogP contribution in [0.4, 0.5) is 5.13 Å². The summed E-state index contributed by atoms with van der Waals surface area (Å²) >= 11 is 3.88. The summed E-state index contributed by atoms with van der Waals surface area (Å²) in [6.45, 7) is 0. The first-order valence-corrected chi connectivity index (χ1v) is 6.96. The Morgan fingerprint density at radius 1 is 1.35 bits per heavy atom. The minimum Gasteiger partial charge on any atom is -0.363 e. The minimum atomic E-state index is 0.837. The molecule has 6 heteroatoms. The number of nitrogens with zero attached hydrogens (tertiary/aromatic N) is 2. The molecule has 0 spiro atoms. The van der Waals surface area contributed by atoms with Crippen LogP contribution in [0.2, 0.25) is 0 Å². The molecule has 0 saturated heterocycles. The summed E-state index contributed by atoms with van der Waals surface area (Å²) in [5.74, 6) is 0. The fourth-order valence-electron chi connectivity index (χ4n) is 1.66. The number of benzene rings is 1. The predicted molar refractivity (Wildman–Crippen MR) is 79.5 cm³/mol. The topological polar surface area (TPSA) is 53.6 Å².